The van der Waals surface area contributed by atoms with Gasteiger partial charge in [-0.15, -0.1) is 0 Å². The highest BCUT2D eigenvalue weighted by Gasteiger charge is 2.25. The summed E-state index contributed by atoms with van der Waals surface area (Å²) >= 11 is 0. The summed E-state index contributed by atoms with van der Waals surface area (Å²) in [4.78, 5) is 0. The van der Waals surface area contributed by atoms with Gasteiger partial charge in [0.05, 0.1) is 19.3 Å². The third-order valence-corrected chi connectivity index (χ3v) is 2.64. The zero-order valence-corrected chi connectivity index (χ0v) is 7.89. The van der Waals surface area contributed by atoms with Crippen LogP contribution in [-0.4, -0.2) is 29.5 Å². The fraction of sp³-hybridized carbons (Fsp3) is 0.455. The zero-order chi connectivity index (χ0) is 9.97. The summed E-state index contributed by atoms with van der Waals surface area (Å²) in [7, 11) is 0. The van der Waals surface area contributed by atoms with Gasteiger partial charge in [0.15, 0.2) is 0 Å². The summed E-state index contributed by atoms with van der Waals surface area (Å²) in [5.74, 6) is 0.906. The molecular weight excluding hydrogens is 180 g/mol. The van der Waals surface area contributed by atoms with E-state index in [9.17, 15) is 5.11 Å². The fourth-order valence-electron chi connectivity index (χ4n) is 1.75. The number of benzene rings is 1. The molecule has 0 spiro atoms. The zero-order valence-electron chi connectivity index (χ0n) is 7.89. The van der Waals surface area contributed by atoms with Gasteiger partial charge < -0.3 is 14.9 Å². The molecule has 0 saturated heterocycles. The molecule has 2 unspecified atom stereocenters. The highest BCUT2D eigenvalue weighted by molar-refractivity contribution is 5.35. The van der Waals surface area contributed by atoms with Crippen molar-refractivity contribution in [3.05, 3.63) is 29.8 Å². The maximum absolute atomic E-state index is 9.48. The molecule has 0 amide bonds. The summed E-state index contributed by atoms with van der Waals surface area (Å²) < 4.78 is 5.49. The molecule has 2 N–H and O–H groups in total. The Morgan fingerprint density at radius 3 is 3.00 bits per heavy atom. The van der Waals surface area contributed by atoms with E-state index in [0.717, 1.165) is 17.7 Å². The minimum absolute atomic E-state index is 0.00917. The van der Waals surface area contributed by atoms with Crippen molar-refractivity contribution in [1.82, 2.24) is 0 Å². The van der Waals surface area contributed by atoms with Gasteiger partial charge in [-0.1, -0.05) is 18.2 Å². The Kier molecular flexibility index (Phi) is 2.70. The molecule has 1 aromatic carbocycles. The Labute approximate surface area is 83.0 Å². The number of rotatable bonds is 2. The Morgan fingerprint density at radius 1 is 1.43 bits per heavy atom. The Balaban J connectivity index is 2.13. The molecule has 1 aliphatic rings. The van der Waals surface area contributed by atoms with Crippen LogP contribution in [0.3, 0.4) is 0 Å². The first-order valence-corrected chi connectivity index (χ1v) is 4.81. The van der Waals surface area contributed by atoms with E-state index in [2.05, 4.69) is 0 Å². The first-order chi connectivity index (χ1) is 6.81. The molecule has 1 heterocycles. The van der Waals surface area contributed by atoms with Crippen LogP contribution in [0.5, 0.6) is 5.75 Å². The van der Waals surface area contributed by atoms with Crippen molar-refractivity contribution in [1.29, 1.82) is 0 Å². The van der Waals surface area contributed by atoms with Gasteiger partial charge in [0.2, 0.25) is 0 Å². The van der Waals surface area contributed by atoms with E-state index >= 15 is 0 Å². The normalized spacial score (nSPS) is 22.3. The van der Waals surface area contributed by atoms with Crippen molar-refractivity contribution in [2.24, 2.45) is 5.92 Å². The van der Waals surface area contributed by atoms with Gasteiger partial charge in [0, 0.05) is 5.92 Å². The Hall–Kier alpha value is -1.06. The molecule has 0 saturated carbocycles. The maximum atomic E-state index is 9.48. The Morgan fingerprint density at radius 2 is 2.21 bits per heavy atom. The lowest BCUT2D eigenvalue weighted by atomic mass is 9.92. The molecule has 76 valence electrons. The Bertz CT molecular complexity index is 311. The van der Waals surface area contributed by atoms with Crippen LogP contribution in [0, 0.1) is 5.92 Å². The van der Waals surface area contributed by atoms with E-state index in [-0.39, 0.29) is 12.5 Å². The van der Waals surface area contributed by atoms with Gasteiger partial charge >= 0.3 is 0 Å². The van der Waals surface area contributed by atoms with E-state index in [1.54, 1.807) is 0 Å². The second-order valence-corrected chi connectivity index (χ2v) is 3.63. The number of aliphatic hydroxyl groups excluding tert-OH is 2. The van der Waals surface area contributed by atoms with Crippen LogP contribution in [0.15, 0.2) is 24.3 Å². The number of hydrogen-bond donors (Lipinski definition) is 2. The third kappa shape index (κ3) is 1.74. The van der Waals surface area contributed by atoms with Crippen molar-refractivity contribution >= 4 is 0 Å². The van der Waals surface area contributed by atoms with Crippen LogP contribution in [-0.2, 0) is 6.42 Å². The number of hydrogen-bond acceptors (Lipinski definition) is 3. The number of aliphatic hydroxyl groups is 2. The summed E-state index contributed by atoms with van der Waals surface area (Å²) in [6, 6.07) is 7.81. The highest BCUT2D eigenvalue weighted by Crippen LogP contribution is 2.27. The molecule has 0 radical (unpaired) electrons. The summed E-state index contributed by atoms with van der Waals surface area (Å²) in [5, 5.41) is 18.3. The quantitative estimate of drug-likeness (QED) is 0.724. The van der Waals surface area contributed by atoms with Crippen LogP contribution >= 0.6 is 0 Å². The lowest BCUT2D eigenvalue weighted by Crippen LogP contribution is -2.33. The summed E-state index contributed by atoms with van der Waals surface area (Å²) in [5.41, 5.74) is 1.11. The van der Waals surface area contributed by atoms with Gasteiger partial charge in [-0.2, -0.15) is 0 Å². The molecule has 14 heavy (non-hydrogen) atoms. The van der Waals surface area contributed by atoms with Crippen molar-refractivity contribution in [2.45, 2.75) is 12.5 Å². The molecular formula is C11H14O3. The van der Waals surface area contributed by atoms with Crippen LogP contribution in [0.4, 0.5) is 0 Å². The predicted molar refractivity (Wildman–Crippen MR) is 52.2 cm³/mol. The largest absolute Gasteiger partial charge is 0.493 e. The number of para-hydroxylation sites is 1. The molecule has 1 aliphatic heterocycles. The molecule has 0 bridgehead atoms. The topological polar surface area (TPSA) is 49.7 Å². The third-order valence-electron chi connectivity index (χ3n) is 2.64. The van der Waals surface area contributed by atoms with E-state index < -0.39 is 6.10 Å². The lowest BCUT2D eigenvalue weighted by molar-refractivity contribution is 0.0212. The van der Waals surface area contributed by atoms with Crippen molar-refractivity contribution in [3.63, 3.8) is 0 Å². The van der Waals surface area contributed by atoms with Crippen LogP contribution in [0.2, 0.25) is 0 Å². The molecule has 3 heteroatoms. The van der Waals surface area contributed by atoms with Gasteiger partial charge in [0.1, 0.15) is 5.75 Å². The monoisotopic (exact) mass is 194 g/mol. The molecule has 0 fully saturated rings. The number of fused-ring (bicyclic) bond motifs is 1. The highest BCUT2D eigenvalue weighted by atomic mass is 16.5. The van der Waals surface area contributed by atoms with Crippen molar-refractivity contribution in [2.75, 3.05) is 13.2 Å². The second kappa shape index (κ2) is 3.98. The smallest absolute Gasteiger partial charge is 0.122 e. The average molecular weight is 194 g/mol. The molecule has 3 nitrogen and oxygen atoms in total. The van der Waals surface area contributed by atoms with Crippen LogP contribution in [0.25, 0.3) is 0 Å². The van der Waals surface area contributed by atoms with Gasteiger partial charge in [0.25, 0.3) is 0 Å². The van der Waals surface area contributed by atoms with E-state index in [0.29, 0.717) is 6.61 Å². The van der Waals surface area contributed by atoms with E-state index in [4.69, 9.17) is 9.84 Å². The fourth-order valence-corrected chi connectivity index (χ4v) is 1.75. The number of ether oxygens (including phenoxy) is 1. The van der Waals surface area contributed by atoms with Gasteiger partial charge in [-0.05, 0) is 18.1 Å². The first-order valence-electron chi connectivity index (χ1n) is 4.81. The van der Waals surface area contributed by atoms with E-state index in [1.165, 1.54) is 0 Å². The van der Waals surface area contributed by atoms with Gasteiger partial charge in [-0.3, -0.25) is 0 Å². The maximum Gasteiger partial charge on any atom is 0.122 e. The minimum atomic E-state index is -0.677. The van der Waals surface area contributed by atoms with Crippen molar-refractivity contribution in [3.8, 4) is 5.75 Å². The van der Waals surface area contributed by atoms with Crippen LogP contribution < -0.4 is 4.74 Å². The molecule has 2 atom stereocenters. The van der Waals surface area contributed by atoms with Crippen molar-refractivity contribution < 1.29 is 14.9 Å². The SMILES string of the molecule is OCC(O)C1COc2ccccc2C1. The molecule has 2 rings (SSSR count). The summed E-state index contributed by atoms with van der Waals surface area (Å²) in [6.45, 7) is 0.287. The molecule has 0 aromatic heterocycles. The minimum Gasteiger partial charge on any atom is -0.493 e. The second-order valence-electron chi connectivity index (χ2n) is 3.63. The van der Waals surface area contributed by atoms with E-state index in [1.807, 2.05) is 24.3 Å². The molecule has 0 aliphatic carbocycles. The van der Waals surface area contributed by atoms with Crippen LogP contribution in [0.1, 0.15) is 5.56 Å². The van der Waals surface area contributed by atoms with Gasteiger partial charge in [-0.25, -0.2) is 0 Å². The molecule has 1 aromatic rings. The average Bonchev–Trinajstić information content (AvgIpc) is 2.27. The summed E-state index contributed by atoms with van der Waals surface area (Å²) in [6.07, 6.45) is 0.0982. The first kappa shape index (κ1) is 9.49. The lowest BCUT2D eigenvalue weighted by Gasteiger charge is -2.27. The predicted octanol–water partition coefficient (Wildman–Crippen LogP) is 0.591. The standard InChI is InChI=1S/C11H14O3/c12-6-10(13)9-5-8-3-1-2-4-11(8)14-7-9/h1-4,9-10,12-13H,5-7H2.